The van der Waals surface area contributed by atoms with Crippen molar-refractivity contribution < 1.29 is 22.7 Å². The van der Waals surface area contributed by atoms with Gasteiger partial charge in [-0.1, -0.05) is 12.1 Å². The van der Waals surface area contributed by atoms with E-state index in [2.05, 4.69) is 25.7 Å². The normalized spacial score (nSPS) is 14.2. The van der Waals surface area contributed by atoms with Crippen molar-refractivity contribution in [3.63, 3.8) is 0 Å². The number of nitrogens with one attached hydrogen (secondary N) is 2. The molecule has 1 aliphatic heterocycles. The van der Waals surface area contributed by atoms with E-state index in [9.17, 15) is 18.0 Å². The molecule has 3 aromatic rings. The number of hydrogen-bond donors (Lipinski definition) is 2. The molecule has 0 spiro atoms. The number of halogens is 3. The Bertz CT molecular complexity index is 1070. The second-order valence-corrected chi connectivity index (χ2v) is 7.11. The molecule has 2 heterocycles. The van der Waals surface area contributed by atoms with Crippen molar-refractivity contribution in [2.24, 2.45) is 0 Å². The van der Waals surface area contributed by atoms with Crippen LogP contribution in [0, 0.1) is 0 Å². The summed E-state index contributed by atoms with van der Waals surface area (Å²) in [4.78, 5) is 14.3. The van der Waals surface area contributed by atoms with E-state index < -0.39 is 17.8 Å². The number of urea groups is 1. The van der Waals surface area contributed by atoms with Crippen LogP contribution in [0.15, 0.2) is 60.7 Å². The van der Waals surface area contributed by atoms with Gasteiger partial charge < -0.3 is 20.3 Å². The average Bonchev–Trinajstić information content (AvgIpc) is 2.80. The maximum absolute atomic E-state index is 12.6. The molecule has 166 valence electrons. The zero-order valence-electron chi connectivity index (χ0n) is 16.9. The molecule has 1 saturated heterocycles. The Balaban J connectivity index is 1.40. The number of alkyl halides is 3. The number of amides is 2. The number of morpholine rings is 1. The molecule has 2 amide bonds. The number of nitrogens with zero attached hydrogens (tertiary/aromatic N) is 3. The summed E-state index contributed by atoms with van der Waals surface area (Å²) in [6, 6.07) is 14.5. The van der Waals surface area contributed by atoms with Gasteiger partial charge in [0.25, 0.3) is 0 Å². The Morgan fingerprint density at radius 1 is 0.906 bits per heavy atom. The molecule has 4 rings (SSSR count). The lowest BCUT2D eigenvalue weighted by Gasteiger charge is -2.27. The Morgan fingerprint density at radius 2 is 1.62 bits per heavy atom. The van der Waals surface area contributed by atoms with Crippen LogP contribution in [0.3, 0.4) is 0 Å². The zero-order valence-corrected chi connectivity index (χ0v) is 16.9. The summed E-state index contributed by atoms with van der Waals surface area (Å²) in [6.07, 6.45) is -4.43. The summed E-state index contributed by atoms with van der Waals surface area (Å²) in [7, 11) is 0. The van der Waals surface area contributed by atoms with Gasteiger partial charge in [-0.05, 0) is 48.5 Å². The fourth-order valence-corrected chi connectivity index (χ4v) is 3.23. The average molecular weight is 443 g/mol. The van der Waals surface area contributed by atoms with Gasteiger partial charge in [-0.25, -0.2) is 4.79 Å². The third kappa shape index (κ3) is 5.33. The lowest BCUT2D eigenvalue weighted by Crippen LogP contribution is -2.36. The predicted molar refractivity (Wildman–Crippen MR) is 115 cm³/mol. The van der Waals surface area contributed by atoms with E-state index in [0.717, 1.165) is 36.6 Å². The van der Waals surface area contributed by atoms with E-state index in [-0.39, 0.29) is 5.69 Å². The Labute approximate surface area is 182 Å². The summed E-state index contributed by atoms with van der Waals surface area (Å²) in [5.74, 6) is 0.780. The molecule has 2 N–H and O–H groups in total. The maximum atomic E-state index is 12.6. The highest BCUT2D eigenvalue weighted by atomic mass is 19.4. The molecule has 0 bridgehead atoms. The first-order valence-electron chi connectivity index (χ1n) is 9.91. The van der Waals surface area contributed by atoms with Crippen molar-refractivity contribution in [2.75, 3.05) is 41.8 Å². The molecule has 7 nitrogen and oxygen atoms in total. The number of hydrogen-bond acceptors (Lipinski definition) is 5. The largest absolute Gasteiger partial charge is 0.416 e. The standard InChI is InChI=1S/C22H20F3N5O2/c23-22(24,25)16-4-6-17(7-5-16)26-21(31)27-18-3-1-2-15(14-18)19-8-9-20(29-28-19)30-10-12-32-13-11-30/h1-9,14H,10-13H2,(H2,26,27,31). The van der Waals surface area contributed by atoms with Crippen molar-refractivity contribution in [3.8, 4) is 11.3 Å². The van der Waals surface area contributed by atoms with Crippen LogP contribution in [-0.2, 0) is 10.9 Å². The number of carbonyl (C=O) groups is 1. The number of rotatable bonds is 4. The minimum absolute atomic E-state index is 0.247. The van der Waals surface area contributed by atoms with Gasteiger partial charge in [0.05, 0.1) is 24.5 Å². The van der Waals surface area contributed by atoms with Crippen LogP contribution in [0.5, 0.6) is 0 Å². The van der Waals surface area contributed by atoms with E-state index in [1.165, 1.54) is 12.1 Å². The van der Waals surface area contributed by atoms with Crippen LogP contribution >= 0.6 is 0 Å². The van der Waals surface area contributed by atoms with Crippen molar-refractivity contribution in [1.29, 1.82) is 0 Å². The molecule has 0 saturated carbocycles. The number of aromatic nitrogens is 2. The first kappa shape index (κ1) is 21.6. The molecule has 2 aromatic carbocycles. The smallest absolute Gasteiger partial charge is 0.378 e. The molecule has 10 heteroatoms. The summed E-state index contributed by atoms with van der Waals surface area (Å²) in [6.45, 7) is 2.85. The third-order valence-electron chi connectivity index (χ3n) is 4.87. The first-order chi connectivity index (χ1) is 15.4. The van der Waals surface area contributed by atoms with Crippen LogP contribution in [-0.4, -0.2) is 42.5 Å². The highest BCUT2D eigenvalue weighted by molar-refractivity contribution is 6.00. The van der Waals surface area contributed by atoms with Gasteiger partial charge in [0, 0.05) is 30.0 Å². The highest BCUT2D eigenvalue weighted by Gasteiger charge is 2.30. The maximum Gasteiger partial charge on any atom is 0.416 e. The molecular formula is C22H20F3N5O2. The second kappa shape index (κ2) is 9.23. The fraction of sp³-hybridized carbons (Fsp3) is 0.227. The Morgan fingerprint density at radius 3 is 2.28 bits per heavy atom. The molecule has 1 aromatic heterocycles. The minimum atomic E-state index is -4.43. The topological polar surface area (TPSA) is 79.4 Å². The van der Waals surface area contributed by atoms with Gasteiger partial charge >= 0.3 is 12.2 Å². The van der Waals surface area contributed by atoms with Crippen LogP contribution in [0.25, 0.3) is 11.3 Å². The molecule has 0 aliphatic carbocycles. The monoisotopic (exact) mass is 443 g/mol. The van der Waals surface area contributed by atoms with Crippen molar-refractivity contribution >= 4 is 23.2 Å². The molecule has 1 aliphatic rings. The summed E-state index contributed by atoms with van der Waals surface area (Å²) in [5.41, 5.74) is 1.38. The van der Waals surface area contributed by atoms with E-state index in [1.54, 1.807) is 18.2 Å². The van der Waals surface area contributed by atoms with Gasteiger partial charge in [-0.3, -0.25) is 0 Å². The summed E-state index contributed by atoms with van der Waals surface area (Å²) < 4.78 is 43.3. The Hall–Kier alpha value is -3.66. The van der Waals surface area contributed by atoms with Crippen molar-refractivity contribution in [3.05, 3.63) is 66.2 Å². The quantitative estimate of drug-likeness (QED) is 0.614. The summed E-state index contributed by atoms with van der Waals surface area (Å²) in [5, 5.41) is 13.8. The molecule has 32 heavy (non-hydrogen) atoms. The molecule has 1 fully saturated rings. The number of ether oxygens (including phenoxy) is 1. The minimum Gasteiger partial charge on any atom is -0.378 e. The van der Waals surface area contributed by atoms with Crippen molar-refractivity contribution in [1.82, 2.24) is 10.2 Å². The fourth-order valence-electron chi connectivity index (χ4n) is 3.23. The third-order valence-corrected chi connectivity index (χ3v) is 4.87. The Kier molecular flexibility index (Phi) is 6.22. The first-order valence-corrected chi connectivity index (χ1v) is 9.91. The predicted octanol–water partition coefficient (Wildman–Crippen LogP) is 4.64. The second-order valence-electron chi connectivity index (χ2n) is 7.11. The lowest BCUT2D eigenvalue weighted by molar-refractivity contribution is -0.137. The molecular weight excluding hydrogens is 423 g/mol. The van der Waals surface area contributed by atoms with E-state index in [1.807, 2.05) is 18.2 Å². The number of anilines is 3. The van der Waals surface area contributed by atoms with Gasteiger partial charge in [0.1, 0.15) is 0 Å². The molecule has 0 atom stereocenters. The van der Waals surface area contributed by atoms with Crippen LogP contribution in [0.4, 0.5) is 35.2 Å². The van der Waals surface area contributed by atoms with Crippen molar-refractivity contribution in [2.45, 2.75) is 6.18 Å². The van der Waals surface area contributed by atoms with E-state index in [0.29, 0.717) is 24.6 Å². The van der Waals surface area contributed by atoms with E-state index >= 15 is 0 Å². The number of benzene rings is 2. The highest BCUT2D eigenvalue weighted by Crippen LogP contribution is 2.30. The van der Waals surface area contributed by atoms with Gasteiger partial charge in [-0.2, -0.15) is 13.2 Å². The van der Waals surface area contributed by atoms with Crippen LogP contribution < -0.4 is 15.5 Å². The number of carbonyl (C=O) groups excluding carboxylic acids is 1. The summed E-state index contributed by atoms with van der Waals surface area (Å²) >= 11 is 0. The van der Waals surface area contributed by atoms with Gasteiger partial charge in [0.2, 0.25) is 0 Å². The van der Waals surface area contributed by atoms with Gasteiger partial charge in [-0.15, -0.1) is 10.2 Å². The zero-order chi connectivity index (χ0) is 22.6. The SMILES string of the molecule is O=C(Nc1ccc(C(F)(F)F)cc1)Nc1cccc(-c2ccc(N3CCOCC3)nn2)c1. The molecule has 0 unspecified atom stereocenters. The van der Waals surface area contributed by atoms with Gasteiger partial charge in [0.15, 0.2) is 5.82 Å². The van der Waals surface area contributed by atoms with Crippen LogP contribution in [0.2, 0.25) is 0 Å². The lowest BCUT2D eigenvalue weighted by atomic mass is 10.1. The van der Waals surface area contributed by atoms with E-state index in [4.69, 9.17) is 4.74 Å². The van der Waals surface area contributed by atoms with Crippen LogP contribution in [0.1, 0.15) is 5.56 Å². The molecule has 0 radical (unpaired) electrons.